The van der Waals surface area contributed by atoms with Gasteiger partial charge in [0, 0.05) is 16.7 Å². The molecule has 0 radical (unpaired) electrons. The van der Waals surface area contributed by atoms with Crippen molar-refractivity contribution in [3.8, 4) is 0 Å². The Bertz CT molecular complexity index is 459. The number of hydrogen-bond acceptors (Lipinski definition) is 1. The van der Waals surface area contributed by atoms with Gasteiger partial charge in [0.05, 0.1) is 5.56 Å². The van der Waals surface area contributed by atoms with E-state index in [0.29, 0.717) is 22.9 Å². The van der Waals surface area contributed by atoms with E-state index in [1.165, 1.54) is 31.4 Å². The first kappa shape index (κ1) is 15.7. The van der Waals surface area contributed by atoms with Crippen molar-refractivity contribution in [2.45, 2.75) is 38.8 Å². The lowest BCUT2D eigenvalue weighted by molar-refractivity contribution is -0.137. The molecular weight excluding hydrogens is 331 g/mol. The summed E-state index contributed by atoms with van der Waals surface area (Å²) in [7, 11) is 0. The van der Waals surface area contributed by atoms with Gasteiger partial charge in [-0.1, -0.05) is 42.1 Å². The fraction of sp³-hybridized carbons (Fsp3) is 0.600. The highest BCUT2D eigenvalue weighted by atomic mass is 79.9. The SMILES string of the molecule is CC1CCCCC1CNc1cc(Br)ccc1C(F)(F)F. The summed E-state index contributed by atoms with van der Waals surface area (Å²) in [6, 6.07) is 4.06. The summed E-state index contributed by atoms with van der Waals surface area (Å²) in [4.78, 5) is 0. The van der Waals surface area contributed by atoms with E-state index >= 15 is 0 Å². The Morgan fingerprint density at radius 1 is 1.25 bits per heavy atom. The molecular formula is C15H19BrF3N. The molecule has 1 aromatic carbocycles. The predicted octanol–water partition coefficient (Wildman–Crippen LogP) is 5.71. The minimum absolute atomic E-state index is 0.171. The zero-order valence-electron chi connectivity index (χ0n) is 11.4. The number of benzene rings is 1. The summed E-state index contributed by atoms with van der Waals surface area (Å²) in [6.45, 7) is 2.80. The molecule has 1 aliphatic carbocycles. The molecule has 1 saturated carbocycles. The normalized spacial score (nSPS) is 23.6. The summed E-state index contributed by atoms with van der Waals surface area (Å²) in [5.41, 5.74) is -0.422. The highest BCUT2D eigenvalue weighted by Gasteiger charge is 2.33. The molecule has 1 nitrogen and oxygen atoms in total. The second-order valence-electron chi connectivity index (χ2n) is 5.59. The largest absolute Gasteiger partial charge is 0.418 e. The van der Waals surface area contributed by atoms with Gasteiger partial charge in [0.15, 0.2) is 0 Å². The number of nitrogens with one attached hydrogen (secondary N) is 1. The van der Waals surface area contributed by atoms with Gasteiger partial charge in [0.2, 0.25) is 0 Å². The summed E-state index contributed by atoms with van der Waals surface area (Å²) in [5.74, 6) is 1.04. The number of anilines is 1. The zero-order valence-corrected chi connectivity index (χ0v) is 13.0. The average Bonchev–Trinajstić information content (AvgIpc) is 2.36. The fourth-order valence-electron chi connectivity index (χ4n) is 2.85. The molecule has 1 N–H and O–H groups in total. The molecule has 0 spiro atoms. The molecule has 2 atom stereocenters. The third kappa shape index (κ3) is 3.90. The number of alkyl halides is 3. The smallest absolute Gasteiger partial charge is 0.384 e. The van der Waals surface area contributed by atoms with E-state index in [1.807, 2.05) is 0 Å². The lowest BCUT2D eigenvalue weighted by Crippen LogP contribution is -2.25. The van der Waals surface area contributed by atoms with Gasteiger partial charge >= 0.3 is 6.18 Å². The van der Waals surface area contributed by atoms with E-state index in [-0.39, 0.29) is 5.69 Å². The third-order valence-electron chi connectivity index (χ3n) is 4.13. The van der Waals surface area contributed by atoms with Crippen LogP contribution in [0.15, 0.2) is 22.7 Å². The standard InChI is InChI=1S/C15H19BrF3N/c1-10-4-2-3-5-11(10)9-20-14-8-12(16)6-7-13(14)15(17,18)19/h6-8,10-11,20H,2-5,9H2,1H3. The van der Waals surface area contributed by atoms with Crippen LogP contribution in [0.4, 0.5) is 18.9 Å². The average molecular weight is 350 g/mol. The van der Waals surface area contributed by atoms with Gasteiger partial charge in [-0.2, -0.15) is 13.2 Å². The maximum Gasteiger partial charge on any atom is 0.418 e. The quantitative estimate of drug-likeness (QED) is 0.737. The van der Waals surface area contributed by atoms with Gasteiger partial charge in [0.25, 0.3) is 0 Å². The zero-order chi connectivity index (χ0) is 14.8. The van der Waals surface area contributed by atoms with Gasteiger partial charge in [-0.25, -0.2) is 0 Å². The minimum atomic E-state index is -4.32. The van der Waals surface area contributed by atoms with E-state index in [1.54, 1.807) is 0 Å². The molecule has 1 aliphatic rings. The summed E-state index contributed by atoms with van der Waals surface area (Å²) >= 11 is 3.23. The molecule has 0 aliphatic heterocycles. The van der Waals surface area contributed by atoms with E-state index < -0.39 is 11.7 Å². The molecule has 0 bridgehead atoms. The van der Waals surface area contributed by atoms with Crippen LogP contribution in [-0.4, -0.2) is 6.54 Å². The maximum atomic E-state index is 13.0. The van der Waals surface area contributed by atoms with Crippen LogP contribution in [0.2, 0.25) is 0 Å². The van der Waals surface area contributed by atoms with E-state index in [4.69, 9.17) is 0 Å². The van der Waals surface area contributed by atoms with Crippen molar-refractivity contribution in [2.24, 2.45) is 11.8 Å². The van der Waals surface area contributed by atoms with Gasteiger partial charge in [-0.05, 0) is 36.5 Å². The highest BCUT2D eigenvalue weighted by Crippen LogP contribution is 2.37. The molecule has 2 unspecified atom stereocenters. The van der Waals surface area contributed by atoms with Gasteiger partial charge in [-0.15, -0.1) is 0 Å². The van der Waals surface area contributed by atoms with Gasteiger partial charge < -0.3 is 5.32 Å². The first-order valence-corrected chi connectivity index (χ1v) is 7.78. The molecule has 112 valence electrons. The lowest BCUT2D eigenvalue weighted by atomic mass is 9.80. The third-order valence-corrected chi connectivity index (χ3v) is 4.62. The number of rotatable bonds is 3. The number of hydrogen-bond donors (Lipinski definition) is 1. The van der Waals surface area contributed by atoms with Crippen LogP contribution in [0.25, 0.3) is 0 Å². The van der Waals surface area contributed by atoms with Crippen LogP contribution in [0.1, 0.15) is 38.2 Å². The van der Waals surface area contributed by atoms with E-state index in [2.05, 4.69) is 28.2 Å². The van der Waals surface area contributed by atoms with Crippen molar-refractivity contribution in [3.63, 3.8) is 0 Å². The summed E-state index contributed by atoms with van der Waals surface area (Å²) < 4.78 is 39.6. The van der Waals surface area contributed by atoms with Crippen LogP contribution in [0, 0.1) is 11.8 Å². The van der Waals surface area contributed by atoms with Crippen molar-refractivity contribution in [3.05, 3.63) is 28.2 Å². The molecule has 0 aromatic heterocycles. The Morgan fingerprint density at radius 2 is 1.95 bits per heavy atom. The van der Waals surface area contributed by atoms with E-state index in [0.717, 1.165) is 12.5 Å². The maximum absolute atomic E-state index is 13.0. The van der Waals surface area contributed by atoms with Crippen LogP contribution in [0.5, 0.6) is 0 Å². The second kappa shape index (κ2) is 6.37. The predicted molar refractivity (Wildman–Crippen MR) is 78.8 cm³/mol. The van der Waals surface area contributed by atoms with Crippen molar-refractivity contribution in [1.29, 1.82) is 0 Å². The molecule has 0 saturated heterocycles. The van der Waals surface area contributed by atoms with Crippen LogP contribution in [-0.2, 0) is 6.18 Å². The lowest BCUT2D eigenvalue weighted by Gasteiger charge is -2.29. The van der Waals surface area contributed by atoms with Crippen molar-refractivity contribution < 1.29 is 13.2 Å². The molecule has 0 heterocycles. The summed E-state index contributed by atoms with van der Waals surface area (Å²) in [5, 5.41) is 3.01. The highest BCUT2D eigenvalue weighted by molar-refractivity contribution is 9.10. The van der Waals surface area contributed by atoms with Crippen LogP contribution >= 0.6 is 15.9 Å². The van der Waals surface area contributed by atoms with Gasteiger partial charge in [-0.3, -0.25) is 0 Å². The molecule has 1 aromatic rings. The Labute approximate surface area is 126 Å². The first-order chi connectivity index (χ1) is 9.38. The van der Waals surface area contributed by atoms with Crippen LogP contribution in [0.3, 0.4) is 0 Å². The topological polar surface area (TPSA) is 12.0 Å². The van der Waals surface area contributed by atoms with Crippen LogP contribution < -0.4 is 5.32 Å². The Hall–Kier alpha value is -0.710. The first-order valence-electron chi connectivity index (χ1n) is 6.98. The molecule has 1 fully saturated rings. The minimum Gasteiger partial charge on any atom is -0.384 e. The number of halogens is 4. The van der Waals surface area contributed by atoms with Crippen molar-refractivity contribution in [2.75, 3.05) is 11.9 Å². The molecule has 0 amide bonds. The van der Waals surface area contributed by atoms with Gasteiger partial charge in [0.1, 0.15) is 0 Å². The molecule has 20 heavy (non-hydrogen) atoms. The Balaban J connectivity index is 2.10. The van der Waals surface area contributed by atoms with E-state index in [9.17, 15) is 13.2 Å². The molecule has 5 heteroatoms. The molecule has 2 rings (SSSR count). The Kier molecular flexibility index (Phi) is 4.99. The fourth-order valence-corrected chi connectivity index (χ4v) is 3.21. The monoisotopic (exact) mass is 349 g/mol. The summed E-state index contributed by atoms with van der Waals surface area (Å²) in [6.07, 6.45) is 0.380. The van der Waals surface area contributed by atoms with Crippen molar-refractivity contribution in [1.82, 2.24) is 0 Å². The Morgan fingerprint density at radius 3 is 2.60 bits per heavy atom. The second-order valence-corrected chi connectivity index (χ2v) is 6.51. The van der Waals surface area contributed by atoms with Crippen molar-refractivity contribution >= 4 is 21.6 Å².